The van der Waals surface area contributed by atoms with Gasteiger partial charge < -0.3 is 10.6 Å². The van der Waals surface area contributed by atoms with Gasteiger partial charge in [-0.05, 0) is 23.8 Å². The number of hydrogen-bond acceptors (Lipinski definition) is 2. The predicted molar refractivity (Wildman–Crippen MR) is 88.5 cm³/mol. The van der Waals surface area contributed by atoms with Gasteiger partial charge in [0.1, 0.15) is 22.3 Å². The molecule has 0 saturated carbocycles. The van der Waals surface area contributed by atoms with Gasteiger partial charge >= 0.3 is 0 Å². The molecule has 2 aromatic carbocycles. The molecular weight excluding hydrogens is 358 g/mol. The van der Waals surface area contributed by atoms with Crippen LogP contribution >= 0.6 is 28.1 Å². The van der Waals surface area contributed by atoms with Crippen LogP contribution in [0.15, 0.2) is 40.9 Å². The molecular formula is C15H13BrF2N2S. The Hall–Kier alpha value is -1.53. The lowest BCUT2D eigenvalue weighted by molar-refractivity contribution is 0.576. The first-order valence-corrected chi connectivity index (χ1v) is 7.33. The first kappa shape index (κ1) is 15.9. The molecule has 0 aliphatic carbocycles. The van der Waals surface area contributed by atoms with E-state index in [0.29, 0.717) is 6.54 Å². The van der Waals surface area contributed by atoms with Crippen molar-refractivity contribution in [3.63, 3.8) is 0 Å². The Bertz CT molecular complexity index is 668. The Morgan fingerprint density at radius 2 is 1.81 bits per heavy atom. The van der Waals surface area contributed by atoms with Gasteiger partial charge in [0.2, 0.25) is 0 Å². The fourth-order valence-electron chi connectivity index (χ4n) is 2.03. The van der Waals surface area contributed by atoms with Gasteiger partial charge in [0.25, 0.3) is 0 Å². The molecule has 0 atom stereocenters. The smallest absolute Gasteiger partial charge is 0.150 e. The van der Waals surface area contributed by atoms with E-state index >= 15 is 0 Å². The Balaban J connectivity index is 2.34. The number of benzene rings is 2. The van der Waals surface area contributed by atoms with Crippen LogP contribution in [0.1, 0.15) is 11.1 Å². The SMILES string of the molecule is CN(Cc1ccccc1Br)c1c(F)cc(C(N)=S)cc1F. The molecule has 0 amide bonds. The average Bonchev–Trinajstić information content (AvgIpc) is 2.40. The third kappa shape index (κ3) is 3.57. The molecule has 6 heteroatoms. The van der Waals surface area contributed by atoms with Crippen molar-refractivity contribution in [1.29, 1.82) is 0 Å². The summed E-state index contributed by atoms with van der Waals surface area (Å²) in [7, 11) is 1.63. The Kier molecular flexibility index (Phi) is 4.90. The third-order valence-corrected chi connectivity index (χ3v) is 4.06. The van der Waals surface area contributed by atoms with E-state index in [9.17, 15) is 8.78 Å². The molecule has 110 valence electrons. The highest BCUT2D eigenvalue weighted by molar-refractivity contribution is 9.10. The predicted octanol–water partition coefficient (Wildman–Crippen LogP) is 4.00. The van der Waals surface area contributed by atoms with E-state index < -0.39 is 11.6 Å². The van der Waals surface area contributed by atoms with Crippen molar-refractivity contribution < 1.29 is 8.78 Å². The number of thiocarbonyl (C=S) groups is 1. The van der Waals surface area contributed by atoms with Crippen molar-refractivity contribution in [3.05, 3.63) is 63.6 Å². The van der Waals surface area contributed by atoms with Crippen LogP contribution in [0, 0.1) is 11.6 Å². The molecule has 0 aliphatic heterocycles. The lowest BCUT2D eigenvalue weighted by Gasteiger charge is -2.22. The first-order valence-electron chi connectivity index (χ1n) is 6.13. The summed E-state index contributed by atoms with van der Waals surface area (Å²) in [5.74, 6) is -1.38. The number of nitrogens with zero attached hydrogens (tertiary/aromatic N) is 1. The standard InChI is InChI=1S/C15H13BrF2N2S/c1-20(8-9-4-2-3-5-11(9)16)14-12(17)6-10(15(19)21)7-13(14)18/h2-7H,8H2,1H3,(H2,19,21). The van der Waals surface area contributed by atoms with Gasteiger partial charge in [0.15, 0.2) is 0 Å². The second-order valence-corrected chi connectivity index (χ2v) is 5.89. The molecule has 0 saturated heterocycles. The maximum absolute atomic E-state index is 14.1. The fraction of sp³-hybridized carbons (Fsp3) is 0.133. The van der Waals surface area contributed by atoms with E-state index in [1.807, 2.05) is 24.3 Å². The highest BCUT2D eigenvalue weighted by Gasteiger charge is 2.17. The molecule has 0 bridgehead atoms. The van der Waals surface area contributed by atoms with Crippen molar-refractivity contribution in [2.45, 2.75) is 6.54 Å². The van der Waals surface area contributed by atoms with Gasteiger partial charge in [-0.1, -0.05) is 46.3 Å². The van der Waals surface area contributed by atoms with Gasteiger partial charge in [0.05, 0.1) is 0 Å². The maximum atomic E-state index is 14.1. The second-order valence-electron chi connectivity index (χ2n) is 4.60. The van der Waals surface area contributed by atoms with Gasteiger partial charge in [-0.15, -0.1) is 0 Å². The summed E-state index contributed by atoms with van der Waals surface area (Å²) in [4.78, 5) is 1.47. The van der Waals surface area contributed by atoms with Crippen LogP contribution in [0.2, 0.25) is 0 Å². The molecule has 0 heterocycles. The highest BCUT2D eigenvalue weighted by atomic mass is 79.9. The van der Waals surface area contributed by atoms with Crippen LogP contribution < -0.4 is 10.6 Å². The lowest BCUT2D eigenvalue weighted by Crippen LogP contribution is -2.20. The number of nitrogens with two attached hydrogens (primary N) is 1. The Morgan fingerprint density at radius 1 is 1.24 bits per heavy atom. The van der Waals surface area contributed by atoms with Gasteiger partial charge in [0, 0.05) is 23.6 Å². The van der Waals surface area contributed by atoms with E-state index in [2.05, 4.69) is 15.9 Å². The monoisotopic (exact) mass is 370 g/mol. The van der Waals surface area contributed by atoms with Crippen LogP contribution in [0.4, 0.5) is 14.5 Å². The van der Waals surface area contributed by atoms with Crippen LogP contribution in [0.25, 0.3) is 0 Å². The summed E-state index contributed by atoms with van der Waals surface area (Å²) in [5.41, 5.74) is 6.40. The minimum atomic E-state index is -0.688. The zero-order valence-corrected chi connectivity index (χ0v) is 13.6. The zero-order valence-electron chi connectivity index (χ0n) is 11.2. The average molecular weight is 371 g/mol. The number of rotatable bonds is 4. The van der Waals surface area contributed by atoms with E-state index in [1.165, 1.54) is 4.90 Å². The highest BCUT2D eigenvalue weighted by Crippen LogP contribution is 2.27. The van der Waals surface area contributed by atoms with E-state index in [4.69, 9.17) is 18.0 Å². The van der Waals surface area contributed by atoms with E-state index in [0.717, 1.165) is 22.2 Å². The third-order valence-electron chi connectivity index (χ3n) is 3.05. The summed E-state index contributed by atoms with van der Waals surface area (Å²) in [6.45, 7) is 0.363. The van der Waals surface area contributed by atoms with Crippen molar-refractivity contribution in [2.24, 2.45) is 5.73 Å². The Morgan fingerprint density at radius 3 is 2.33 bits per heavy atom. The van der Waals surface area contributed by atoms with E-state index in [-0.39, 0.29) is 16.2 Å². The van der Waals surface area contributed by atoms with Gasteiger partial charge in [-0.2, -0.15) is 0 Å². The minimum absolute atomic E-state index is 0.0344. The second kappa shape index (κ2) is 6.49. The van der Waals surface area contributed by atoms with Crippen LogP contribution in [-0.2, 0) is 6.54 Å². The molecule has 0 radical (unpaired) electrons. The largest absolute Gasteiger partial charge is 0.389 e. The number of anilines is 1. The summed E-state index contributed by atoms with van der Waals surface area (Å²) in [6.07, 6.45) is 0. The zero-order chi connectivity index (χ0) is 15.6. The lowest BCUT2D eigenvalue weighted by atomic mass is 10.1. The molecule has 2 N–H and O–H groups in total. The molecule has 0 aliphatic rings. The quantitative estimate of drug-likeness (QED) is 0.824. The molecule has 21 heavy (non-hydrogen) atoms. The molecule has 0 fully saturated rings. The summed E-state index contributed by atoms with van der Waals surface area (Å²) >= 11 is 8.15. The number of hydrogen-bond donors (Lipinski definition) is 1. The van der Waals surface area contributed by atoms with Crippen molar-refractivity contribution in [1.82, 2.24) is 0 Å². The Labute approximate surface area is 135 Å². The normalized spacial score (nSPS) is 10.5. The molecule has 0 aromatic heterocycles. The van der Waals surface area contributed by atoms with Gasteiger partial charge in [-0.3, -0.25) is 0 Å². The van der Waals surface area contributed by atoms with Gasteiger partial charge in [-0.25, -0.2) is 8.78 Å². The molecule has 2 aromatic rings. The van der Waals surface area contributed by atoms with Crippen molar-refractivity contribution >= 4 is 38.8 Å². The summed E-state index contributed by atoms with van der Waals surface area (Å²) in [6, 6.07) is 9.82. The topological polar surface area (TPSA) is 29.3 Å². The summed E-state index contributed by atoms with van der Waals surface area (Å²) < 4.78 is 29.1. The molecule has 2 nitrogen and oxygen atoms in total. The molecule has 2 rings (SSSR count). The van der Waals surface area contributed by atoms with E-state index in [1.54, 1.807) is 7.05 Å². The van der Waals surface area contributed by atoms with Crippen LogP contribution in [0.3, 0.4) is 0 Å². The van der Waals surface area contributed by atoms with Crippen molar-refractivity contribution in [3.8, 4) is 0 Å². The fourth-order valence-corrected chi connectivity index (χ4v) is 2.56. The van der Waals surface area contributed by atoms with Crippen molar-refractivity contribution in [2.75, 3.05) is 11.9 Å². The van der Waals surface area contributed by atoms with Crippen LogP contribution in [0.5, 0.6) is 0 Å². The molecule has 0 spiro atoms. The van der Waals surface area contributed by atoms with Crippen LogP contribution in [-0.4, -0.2) is 12.0 Å². The summed E-state index contributed by atoms with van der Waals surface area (Å²) in [5, 5.41) is 0. The molecule has 0 unspecified atom stereocenters. The number of halogens is 3. The maximum Gasteiger partial charge on any atom is 0.150 e. The minimum Gasteiger partial charge on any atom is -0.389 e. The first-order chi connectivity index (χ1) is 9.90.